The molecule has 1 saturated heterocycles. The molecule has 1 aliphatic carbocycles. The van der Waals surface area contributed by atoms with E-state index < -0.39 is 6.10 Å². The predicted molar refractivity (Wildman–Crippen MR) is 84.6 cm³/mol. The fourth-order valence-corrected chi connectivity index (χ4v) is 4.05. The summed E-state index contributed by atoms with van der Waals surface area (Å²) in [5.74, 6) is 1.56. The van der Waals surface area contributed by atoms with Gasteiger partial charge in [-0.2, -0.15) is 0 Å². The predicted octanol–water partition coefficient (Wildman–Crippen LogP) is 3.16. The molecule has 1 heterocycles. The third kappa shape index (κ3) is 2.69. The molecule has 3 rings (SSSR count). The van der Waals surface area contributed by atoms with Crippen LogP contribution in [-0.2, 0) is 6.42 Å². The van der Waals surface area contributed by atoms with Gasteiger partial charge >= 0.3 is 0 Å². The van der Waals surface area contributed by atoms with E-state index >= 15 is 0 Å². The van der Waals surface area contributed by atoms with Gasteiger partial charge in [-0.15, -0.1) is 0 Å². The van der Waals surface area contributed by atoms with Crippen LogP contribution in [0.3, 0.4) is 0 Å². The Hall–Kier alpha value is -1.06. The van der Waals surface area contributed by atoms with E-state index in [0.717, 1.165) is 36.6 Å². The van der Waals surface area contributed by atoms with E-state index in [1.54, 1.807) is 7.11 Å². The number of likely N-dealkylation sites (tertiary alicyclic amines) is 1. The highest BCUT2D eigenvalue weighted by Gasteiger charge is 2.37. The Morgan fingerprint density at radius 1 is 1.24 bits per heavy atom. The number of hydrogen-bond acceptors (Lipinski definition) is 3. The summed E-state index contributed by atoms with van der Waals surface area (Å²) in [6, 6.07) is 6.94. The summed E-state index contributed by atoms with van der Waals surface area (Å²) in [5, 5.41) is 10.9. The molecule has 21 heavy (non-hydrogen) atoms. The fraction of sp³-hybridized carbons (Fsp3) is 0.667. The number of aryl methyl sites for hydroxylation is 1. The summed E-state index contributed by atoms with van der Waals surface area (Å²) in [6.07, 6.45) is 4.28. The molecule has 0 amide bonds. The third-order valence-corrected chi connectivity index (χ3v) is 5.59. The zero-order valence-electron chi connectivity index (χ0n) is 13.4. The van der Waals surface area contributed by atoms with Crippen molar-refractivity contribution >= 4 is 0 Å². The van der Waals surface area contributed by atoms with Gasteiger partial charge in [0.15, 0.2) is 0 Å². The summed E-state index contributed by atoms with van der Waals surface area (Å²) in [5.41, 5.74) is 2.34. The van der Waals surface area contributed by atoms with Crippen molar-refractivity contribution in [1.29, 1.82) is 0 Å². The molecule has 1 aromatic carbocycles. The van der Waals surface area contributed by atoms with E-state index in [2.05, 4.69) is 24.8 Å². The Balaban J connectivity index is 1.85. The molecule has 0 aromatic heterocycles. The molecule has 0 bridgehead atoms. The van der Waals surface area contributed by atoms with Gasteiger partial charge in [0.25, 0.3) is 0 Å². The first-order valence-electron chi connectivity index (χ1n) is 8.22. The average Bonchev–Trinajstić information content (AvgIpc) is 2.51. The number of piperidine rings is 1. The zero-order valence-corrected chi connectivity index (χ0v) is 13.4. The lowest BCUT2D eigenvalue weighted by Gasteiger charge is -2.46. The van der Waals surface area contributed by atoms with Gasteiger partial charge in [-0.25, -0.2) is 0 Å². The standard InChI is InChI=1S/C18H27NO2/c1-12-5-4-10-19(13(12)2)17-9-7-14-6-8-15(21-3)11-16(14)18(17)20/h6,8,11-13,17-18,20H,4-5,7,9-10H2,1-3H3. The van der Waals surface area contributed by atoms with Gasteiger partial charge in [0, 0.05) is 12.1 Å². The van der Waals surface area contributed by atoms with E-state index in [0.29, 0.717) is 6.04 Å². The number of aliphatic hydroxyl groups excluding tert-OH is 1. The Morgan fingerprint density at radius 3 is 2.81 bits per heavy atom. The molecule has 1 aromatic rings. The maximum atomic E-state index is 10.9. The molecule has 0 radical (unpaired) electrons. The third-order valence-electron chi connectivity index (χ3n) is 5.59. The van der Waals surface area contributed by atoms with E-state index in [1.807, 2.05) is 12.1 Å². The first-order chi connectivity index (χ1) is 10.1. The van der Waals surface area contributed by atoms with Crippen molar-refractivity contribution in [3.8, 4) is 5.75 Å². The van der Waals surface area contributed by atoms with Crippen LogP contribution in [0.1, 0.15) is 50.3 Å². The van der Waals surface area contributed by atoms with Gasteiger partial charge in [0.2, 0.25) is 0 Å². The molecule has 0 spiro atoms. The second kappa shape index (κ2) is 5.98. The number of aliphatic hydroxyl groups is 1. The molecule has 1 fully saturated rings. The molecule has 4 unspecified atom stereocenters. The number of methoxy groups -OCH3 is 1. The lowest BCUT2D eigenvalue weighted by Crippen LogP contribution is -2.51. The molecule has 3 heteroatoms. The van der Waals surface area contributed by atoms with Crippen molar-refractivity contribution in [3.63, 3.8) is 0 Å². The van der Waals surface area contributed by atoms with Crippen molar-refractivity contribution in [2.75, 3.05) is 13.7 Å². The van der Waals surface area contributed by atoms with Gasteiger partial charge in [-0.1, -0.05) is 13.0 Å². The second-order valence-electron chi connectivity index (χ2n) is 6.71. The zero-order chi connectivity index (χ0) is 15.0. The second-order valence-corrected chi connectivity index (χ2v) is 6.71. The first kappa shape index (κ1) is 14.9. The molecule has 4 atom stereocenters. The Bertz CT molecular complexity index is 502. The van der Waals surface area contributed by atoms with Crippen molar-refractivity contribution in [2.45, 2.75) is 57.7 Å². The molecular weight excluding hydrogens is 262 g/mol. The summed E-state index contributed by atoms with van der Waals surface area (Å²) in [4.78, 5) is 2.54. The van der Waals surface area contributed by atoms with Crippen LogP contribution in [0.15, 0.2) is 18.2 Å². The van der Waals surface area contributed by atoms with Crippen LogP contribution in [0.4, 0.5) is 0 Å². The van der Waals surface area contributed by atoms with Crippen molar-refractivity contribution in [2.24, 2.45) is 5.92 Å². The highest BCUT2D eigenvalue weighted by molar-refractivity contribution is 5.39. The van der Waals surface area contributed by atoms with Crippen LogP contribution >= 0.6 is 0 Å². The van der Waals surface area contributed by atoms with Crippen molar-refractivity contribution in [3.05, 3.63) is 29.3 Å². The van der Waals surface area contributed by atoms with Gasteiger partial charge in [0.1, 0.15) is 5.75 Å². The van der Waals surface area contributed by atoms with Gasteiger partial charge < -0.3 is 9.84 Å². The number of rotatable bonds is 2. The van der Waals surface area contributed by atoms with Crippen LogP contribution in [0, 0.1) is 5.92 Å². The molecular formula is C18H27NO2. The van der Waals surface area contributed by atoms with Crippen molar-refractivity contribution in [1.82, 2.24) is 4.90 Å². The minimum absolute atomic E-state index is 0.252. The van der Waals surface area contributed by atoms with E-state index in [-0.39, 0.29) is 6.04 Å². The normalized spacial score (nSPS) is 33.5. The Kier molecular flexibility index (Phi) is 4.23. The highest BCUT2D eigenvalue weighted by Crippen LogP contribution is 2.38. The maximum Gasteiger partial charge on any atom is 0.119 e. The maximum absolute atomic E-state index is 10.9. The number of benzene rings is 1. The smallest absolute Gasteiger partial charge is 0.119 e. The Labute approximate surface area is 127 Å². The lowest BCUT2D eigenvalue weighted by atomic mass is 9.82. The summed E-state index contributed by atoms with van der Waals surface area (Å²) >= 11 is 0. The highest BCUT2D eigenvalue weighted by atomic mass is 16.5. The van der Waals surface area contributed by atoms with Crippen LogP contribution in [0.5, 0.6) is 5.75 Å². The molecule has 1 N–H and O–H groups in total. The number of nitrogens with zero attached hydrogens (tertiary/aromatic N) is 1. The molecule has 3 nitrogen and oxygen atoms in total. The topological polar surface area (TPSA) is 32.7 Å². The number of hydrogen-bond donors (Lipinski definition) is 1. The number of fused-ring (bicyclic) bond motifs is 1. The Morgan fingerprint density at radius 2 is 2.05 bits per heavy atom. The van der Waals surface area contributed by atoms with E-state index in [1.165, 1.54) is 18.4 Å². The minimum Gasteiger partial charge on any atom is -0.497 e. The largest absolute Gasteiger partial charge is 0.497 e. The molecule has 116 valence electrons. The van der Waals surface area contributed by atoms with E-state index in [4.69, 9.17) is 4.74 Å². The summed E-state index contributed by atoms with van der Waals surface area (Å²) in [6.45, 7) is 5.77. The van der Waals surface area contributed by atoms with Crippen LogP contribution in [-0.4, -0.2) is 35.7 Å². The van der Waals surface area contributed by atoms with Crippen LogP contribution in [0.25, 0.3) is 0 Å². The quantitative estimate of drug-likeness (QED) is 0.908. The lowest BCUT2D eigenvalue weighted by molar-refractivity contribution is -0.0143. The molecule has 0 saturated carbocycles. The monoisotopic (exact) mass is 289 g/mol. The van der Waals surface area contributed by atoms with Gasteiger partial charge in [-0.3, -0.25) is 4.90 Å². The number of ether oxygens (including phenoxy) is 1. The summed E-state index contributed by atoms with van der Waals surface area (Å²) in [7, 11) is 1.68. The van der Waals surface area contributed by atoms with Crippen LogP contribution < -0.4 is 4.74 Å². The van der Waals surface area contributed by atoms with E-state index in [9.17, 15) is 5.11 Å². The van der Waals surface area contributed by atoms with Crippen molar-refractivity contribution < 1.29 is 9.84 Å². The molecule has 2 aliphatic rings. The average molecular weight is 289 g/mol. The van der Waals surface area contributed by atoms with Crippen LogP contribution in [0.2, 0.25) is 0 Å². The first-order valence-corrected chi connectivity index (χ1v) is 8.22. The summed E-state index contributed by atoms with van der Waals surface area (Å²) < 4.78 is 5.32. The van der Waals surface area contributed by atoms with Gasteiger partial charge in [-0.05, 0) is 68.3 Å². The SMILES string of the molecule is COc1ccc2c(c1)C(O)C(N1CCCC(C)C1C)CC2. The fourth-order valence-electron chi connectivity index (χ4n) is 4.05. The minimum atomic E-state index is -0.392. The molecule has 1 aliphatic heterocycles. The van der Waals surface area contributed by atoms with Gasteiger partial charge in [0.05, 0.1) is 13.2 Å².